The van der Waals surface area contributed by atoms with Gasteiger partial charge in [0.2, 0.25) is 11.8 Å². The SMILES string of the molecule is COCCNC(=O)C[C@@H]1CCN2C[C@@H]1/C=C\COc1ccccc1CNCC2=O. The van der Waals surface area contributed by atoms with Gasteiger partial charge in [-0.05, 0) is 24.3 Å². The predicted octanol–water partition coefficient (Wildman–Crippen LogP) is 1.34. The van der Waals surface area contributed by atoms with Gasteiger partial charge in [0, 0.05) is 45.3 Å². The molecule has 7 heteroatoms. The van der Waals surface area contributed by atoms with Crippen LogP contribution in [0.2, 0.25) is 0 Å². The molecule has 7 nitrogen and oxygen atoms in total. The average Bonchev–Trinajstić information content (AvgIpc) is 2.73. The standard InChI is InChI=1S/C22H31N3O4/c1-28-12-9-24-21(26)13-17-8-10-25-16-19(17)6-4-11-29-20-7-3-2-5-18(20)14-23-15-22(25)27/h2-7,17,19,23H,8-16H2,1H3,(H,24,26)/b6-4-/t17-,19-/m0/s1. The molecule has 158 valence electrons. The molecule has 3 rings (SSSR count). The van der Waals surface area contributed by atoms with Crippen LogP contribution in [0.4, 0.5) is 0 Å². The normalized spacial score (nSPS) is 23.6. The quantitative estimate of drug-likeness (QED) is 0.575. The van der Waals surface area contributed by atoms with Gasteiger partial charge in [-0.15, -0.1) is 0 Å². The number of nitrogens with zero attached hydrogens (tertiary/aromatic N) is 1. The fourth-order valence-electron chi connectivity index (χ4n) is 3.91. The first-order valence-corrected chi connectivity index (χ1v) is 10.3. The number of piperidine rings is 1. The molecule has 1 aromatic carbocycles. The lowest BCUT2D eigenvalue weighted by Crippen LogP contribution is -2.47. The molecule has 0 aliphatic carbocycles. The summed E-state index contributed by atoms with van der Waals surface area (Å²) in [6.45, 7) is 3.71. The molecule has 2 aliphatic rings. The molecule has 0 aromatic heterocycles. The molecule has 1 aromatic rings. The van der Waals surface area contributed by atoms with Crippen molar-refractivity contribution in [2.45, 2.75) is 19.4 Å². The fraction of sp³-hybridized carbons (Fsp3) is 0.545. The Bertz CT molecular complexity index is 722. The third-order valence-corrected chi connectivity index (χ3v) is 5.52. The minimum atomic E-state index is 0.0370. The van der Waals surface area contributed by atoms with E-state index < -0.39 is 0 Å². The Kier molecular flexibility index (Phi) is 8.07. The van der Waals surface area contributed by atoms with Gasteiger partial charge in [-0.2, -0.15) is 0 Å². The van der Waals surface area contributed by atoms with E-state index in [1.54, 1.807) is 7.11 Å². The Labute approximate surface area is 172 Å². The van der Waals surface area contributed by atoms with E-state index in [1.807, 2.05) is 35.2 Å². The maximum Gasteiger partial charge on any atom is 0.236 e. The Balaban J connectivity index is 1.67. The summed E-state index contributed by atoms with van der Waals surface area (Å²) in [5.41, 5.74) is 1.04. The van der Waals surface area contributed by atoms with E-state index in [9.17, 15) is 9.59 Å². The molecular formula is C22H31N3O4. The zero-order valence-electron chi connectivity index (χ0n) is 17.1. The Morgan fingerprint density at radius 1 is 1.34 bits per heavy atom. The van der Waals surface area contributed by atoms with Crippen LogP contribution in [-0.2, 0) is 20.9 Å². The Hall–Kier alpha value is -2.38. The smallest absolute Gasteiger partial charge is 0.236 e. The third kappa shape index (κ3) is 6.30. The van der Waals surface area contributed by atoms with Crippen molar-refractivity contribution in [1.82, 2.24) is 15.5 Å². The van der Waals surface area contributed by atoms with Crippen molar-refractivity contribution in [2.24, 2.45) is 11.8 Å². The summed E-state index contributed by atoms with van der Waals surface area (Å²) in [5.74, 6) is 1.32. The van der Waals surface area contributed by atoms with Gasteiger partial charge in [0.15, 0.2) is 0 Å². The number of hydrogen-bond donors (Lipinski definition) is 2. The molecule has 0 spiro atoms. The zero-order chi connectivity index (χ0) is 20.5. The summed E-state index contributed by atoms with van der Waals surface area (Å²) in [6.07, 6.45) is 5.40. The van der Waals surface area contributed by atoms with Crippen LogP contribution in [0.5, 0.6) is 5.75 Å². The van der Waals surface area contributed by atoms with Crippen LogP contribution in [0, 0.1) is 11.8 Å². The van der Waals surface area contributed by atoms with E-state index in [4.69, 9.17) is 9.47 Å². The van der Waals surface area contributed by atoms with Gasteiger partial charge in [0.25, 0.3) is 0 Å². The minimum Gasteiger partial charge on any atom is -0.489 e. The van der Waals surface area contributed by atoms with Crippen molar-refractivity contribution in [2.75, 3.05) is 46.5 Å². The second-order valence-electron chi connectivity index (χ2n) is 7.55. The van der Waals surface area contributed by atoms with E-state index in [0.29, 0.717) is 52.4 Å². The van der Waals surface area contributed by atoms with Gasteiger partial charge in [-0.3, -0.25) is 9.59 Å². The van der Waals surface area contributed by atoms with Crippen LogP contribution in [0.3, 0.4) is 0 Å². The lowest BCUT2D eigenvalue weighted by atomic mass is 9.82. The van der Waals surface area contributed by atoms with Crippen LogP contribution in [0.1, 0.15) is 18.4 Å². The van der Waals surface area contributed by atoms with E-state index >= 15 is 0 Å². The number of methoxy groups -OCH3 is 1. The lowest BCUT2D eigenvalue weighted by molar-refractivity contribution is -0.132. The predicted molar refractivity (Wildman–Crippen MR) is 110 cm³/mol. The van der Waals surface area contributed by atoms with Crippen LogP contribution in [0.25, 0.3) is 0 Å². The highest BCUT2D eigenvalue weighted by molar-refractivity contribution is 5.79. The molecule has 2 heterocycles. The fourth-order valence-corrected chi connectivity index (χ4v) is 3.91. The highest BCUT2D eigenvalue weighted by Crippen LogP contribution is 2.28. The molecule has 1 fully saturated rings. The first-order chi connectivity index (χ1) is 14.2. The number of ether oxygens (including phenoxy) is 2. The molecule has 1 saturated heterocycles. The molecule has 0 saturated carbocycles. The molecular weight excluding hydrogens is 370 g/mol. The van der Waals surface area contributed by atoms with E-state index in [2.05, 4.69) is 16.7 Å². The van der Waals surface area contributed by atoms with Crippen LogP contribution < -0.4 is 15.4 Å². The number of hydrogen-bond acceptors (Lipinski definition) is 5. The number of carbonyl (C=O) groups excluding carboxylic acids is 2. The number of carbonyl (C=O) groups is 2. The van der Waals surface area contributed by atoms with Crippen LogP contribution in [0.15, 0.2) is 36.4 Å². The maximum atomic E-state index is 12.7. The van der Waals surface area contributed by atoms with Gasteiger partial charge in [-0.1, -0.05) is 30.4 Å². The molecule has 2 atom stereocenters. The third-order valence-electron chi connectivity index (χ3n) is 5.52. The summed E-state index contributed by atoms with van der Waals surface area (Å²) in [7, 11) is 1.62. The lowest BCUT2D eigenvalue weighted by Gasteiger charge is -2.37. The summed E-state index contributed by atoms with van der Waals surface area (Å²) >= 11 is 0. The van der Waals surface area contributed by atoms with Gasteiger partial charge in [0.1, 0.15) is 12.4 Å². The topological polar surface area (TPSA) is 79.9 Å². The highest BCUT2D eigenvalue weighted by atomic mass is 16.5. The van der Waals surface area contributed by atoms with E-state index in [-0.39, 0.29) is 23.7 Å². The monoisotopic (exact) mass is 401 g/mol. The number of para-hydroxylation sites is 1. The van der Waals surface area contributed by atoms with Gasteiger partial charge < -0.3 is 25.0 Å². The van der Waals surface area contributed by atoms with Crippen LogP contribution in [-0.4, -0.2) is 63.2 Å². The molecule has 2 aliphatic heterocycles. The number of rotatable bonds is 5. The zero-order valence-corrected chi connectivity index (χ0v) is 17.1. The first-order valence-electron chi connectivity index (χ1n) is 10.3. The van der Waals surface area contributed by atoms with Crippen molar-refractivity contribution < 1.29 is 19.1 Å². The maximum absolute atomic E-state index is 12.7. The molecule has 2 N–H and O–H groups in total. The van der Waals surface area contributed by atoms with Gasteiger partial charge >= 0.3 is 0 Å². The molecule has 0 radical (unpaired) electrons. The molecule has 2 bridgehead atoms. The second-order valence-corrected chi connectivity index (χ2v) is 7.55. The first kappa shape index (κ1) is 21.3. The van der Waals surface area contributed by atoms with Crippen molar-refractivity contribution in [3.8, 4) is 5.75 Å². The number of fused-ring (bicyclic) bond motifs is 3. The van der Waals surface area contributed by atoms with Crippen molar-refractivity contribution in [3.05, 3.63) is 42.0 Å². The van der Waals surface area contributed by atoms with Crippen molar-refractivity contribution in [1.29, 1.82) is 0 Å². The van der Waals surface area contributed by atoms with Gasteiger partial charge in [0.05, 0.1) is 13.2 Å². The number of benzene rings is 1. The molecule has 29 heavy (non-hydrogen) atoms. The molecule has 0 unspecified atom stereocenters. The minimum absolute atomic E-state index is 0.0370. The summed E-state index contributed by atoms with van der Waals surface area (Å²) < 4.78 is 10.9. The number of amides is 2. The Morgan fingerprint density at radius 3 is 3.07 bits per heavy atom. The molecule has 2 amide bonds. The van der Waals surface area contributed by atoms with Crippen LogP contribution >= 0.6 is 0 Å². The number of nitrogens with one attached hydrogen (secondary N) is 2. The van der Waals surface area contributed by atoms with E-state index in [1.165, 1.54) is 0 Å². The average molecular weight is 402 g/mol. The van der Waals surface area contributed by atoms with Crippen molar-refractivity contribution >= 4 is 11.8 Å². The van der Waals surface area contributed by atoms with Crippen molar-refractivity contribution in [3.63, 3.8) is 0 Å². The highest BCUT2D eigenvalue weighted by Gasteiger charge is 2.31. The van der Waals surface area contributed by atoms with E-state index in [0.717, 1.165) is 17.7 Å². The summed E-state index contributed by atoms with van der Waals surface area (Å²) in [6, 6.07) is 7.87. The largest absolute Gasteiger partial charge is 0.489 e. The Morgan fingerprint density at radius 2 is 2.21 bits per heavy atom. The summed E-state index contributed by atoms with van der Waals surface area (Å²) in [4.78, 5) is 26.8. The van der Waals surface area contributed by atoms with Gasteiger partial charge in [-0.25, -0.2) is 0 Å². The summed E-state index contributed by atoms with van der Waals surface area (Å²) in [5, 5.41) is 6.14. The second kappa shape index (κ2) is 11.0.